The molecule has 1 saturated heterocycles. The molecule has 2 fully saturated rings. The summed E-state index contributed by atoms with van der Waals surface area (Å²) >= 11 is 0. The molecule has 1 atom stereocenters. The minimum atomic E-state index is 0.0580. The van der Waals surface area contributed by atoms with E-state index in [4.69, 9.17) is 0 Å². The maximum Gasteiger partial charge on any atom is 0.227 e. The molecule has 1 aliphatic heterocycles. The highest BCUT2D eigenvalue weighted by atomic mass is 16.2. The second-order valence-electron chi connectivity index (χ2n) is 8.73. The summed E-state index contributed by atoms with van der Waals surface area (Å²) in [5, 5.41) is 12.7. The molecule has 0 bridgehead atoms. The summed E-state index contributed by atoms with van der Waals surface area (Å²) in [6, 6.07) is 22.8. The van der Waals surface area contributed by atoms with Crippen LogP contribution in [0.1, 0.15) is 35.6 Å². The zero-order valence-electron chi connectivity index (χ0n) is 18.5. The molecule has 33 heavy (non-hydrogen) atoms. The van der Waals surface area contributed by atoms with Gasteiger partial charge in [-0.2, -0.15) is 5.26 Å². The van der Waals surface area contributed by atoms with Crippen molar-refractivity contribution in [2.45, 2.75) is 18.9 Å². The quantitative estimate of drug-likeness (QED) is 0.625. The van der Waals surface area contributed by atoms with E-state index in [1.807, 2.05) is 36.7 Å². The fraction of sp³-hybridized carbons (Fsp3) is 0.296. The number of rotatable bonds is 6. The van der Waals surface area contributed by atoms with Crippen LogP contribution in [-0.2, 0) is 4.79 Å². The first-order valence-electron chi connectivity index (χ1n) is 11.5. The van der Waals surface area contributed by atoms with Gasteiger partial charge in [-0.05, 0) is 48.2 Å². The van der Waals surface area contributed by atoms with Gasteiger partial charge in [0.1, 0.15) is 6.07 Å². The van der Waals surface area contributed by atoms with Crippen LogP contribution >= 0.6 is 0 Å². The Morgan fingerprint density at radius 1 is 1.00 bits per heavy atom. The van der Waals surface area contributed by atoms with Crippen molar-refractivity contribution in [1.82, 2.24) is 9.88 Å². The molecule has 1 saturated carbocycles. The van der Waals surface area contributed by atoms with Gasteiger partial charge >= 0.3 is 0 Å². The molecule has 2 aromatic carbocycles. The molecule has 1 aliphatic carbocycles. The van der Waals surface area contributed by atoms with E-state index in [0.29, 0.717) is 11.3 Å². The van der Waals surface area contributed by atoms with Crippen molar-refractivity contribution in [2.75, 3.05) is 36.4 Å². The summed E-state index contributed by atoms with van der Waals surface area (Å²) in [6.45, 7) is 3.40. The zero-order valence-corrected chi connectivity index (χ0v) is 18.5. The van der Waals surface area contributed by atoms with Crippen molar-refractivity contribution in [2.24, 2.45) is 5.92 Å². The van der Waals surface area contributed by atoms with E-state index in [0.717, 1.165) is 44.7 Å². The summed E-state index contributed by atoms with van der Waals surface area (Å²) in [5.74, 6) is 0.197. The predicted molar refractivity (Wildman–Crippen MR) is 129 cm³/mol. The van der Waals surface area contributed by atoms with Gasteiger partial charge in [0, 0.05) is 50.2 Å². The van der Waals surface area contributed by atoms with Gasteiger partial charge in [-0.1, -0.05) is 36.4 Å². The van der Waals surface area contributed by atoms with Crippen molar-refractivity contribution in [3.8, 4) is 6.07 Å². The summed E-state index contributed by atoms with van der Waals surface area (Å²) in [6.07, 6.45) is 5.68. The molecular formula is C27H27N5O. The van der Waals surface area contributed by atoms with E-state index in [1.165, 1.54) is 11.1 Å². The van der Waals surface area contributed by atoms with Crippen molar-refractivity contribution < 1.29 is 4.79 Å². The number of pyridine rings is 1. The average molecular weight is 438 g/mol. The topological polar surface area (TPSA) is 72.3 Å². The molecule has 5 rings (SSSR count). The van der Waals surface area contributed by atoms with E-state index >= 15 is 0 Å². The number of anilines is 2. The van der Waals surface area contributed by atoms with E-state index in [9.17, 15) is 10.1 Å². The Morgan fingerprint density at radius 3 is 2.42 bits per heavy atom. The van der Waals surface area contributed by atoms with E-state index in [1.54, 1.807) is 6.07 Å². The Bertz CT molecular complexity index is 1110. The highest BCUT2D eigenvalue weighted by molar-refractivity contribution is 5.94. The second-order valence-corrected chi connectivity index (χ2v) is 8.73. The number of amides is 1. The molecule has 1 aromatic heterocycles. The Kier molecular flexibility index (Phi) is 6.05. The molecule has 2 heterocycles. The molecule has 0 radical (unpaired) electrons. The average Bonchev–Trinajstić information content (AvgIpc) is 3.72. The highest BCUT2D eigenvalue weighted by Gasteiger charge is 2.30. The third kappa shape index (κ3) is 4.74. The number of hydrogen-bond donors (Lipinski definition) is 1. The van der Waals surface area contributed by atoms with Crippen LogP contribution in [0.5, 0.6) is 0 Å². The number of carbonyl (C=O) groups excluding carboxylic acids is 1. The zero-order chi connectivity index (χ0) is 22.6. The lowest BCUT2D eigenvalue weighted by Gasteiger charge is -2.40. The number of nitriles is 1. The molecule has 1 amide bonds. The molecule has 6 nitrogen and oxygen atoms in total. The van der Waals surface area contributed by atoms with Gasteiger partial charge in [-0.3, -0.25) is 14.7 Å². The highest BCUT2D eigenvalue weighted by Crippen LogP contribution is 2.33. The lowest BCUT2D eigenvalue weighted by molar-refractivity contribution is -0.117. The first kappa shape index (κ1) is 21.2. The number of piperazine rings is 1. The standard InChI is InChI=1S/C27H27N5O/c28-18-23-17-24(30-27(33)21-8-9-21)10-11-25(23)31-13-15-32(16-14-31)26(20-5-2-1-3-6-20)22-7-4-12-29-19-22/h1-7,10-12,17,19,21,26H,8-9,13-16H2,(H,30,33). The van der Waals surface area contributed by atoms with Gasteiger partial charge in [0.05, 0.1) is 17.3 Å². The number of carbonyl (C=O) groups is 1. The van der Waals surface area contributed by atoms with Gasteiger partial charge in [0.2, 0.25) is 5.91 Å². The first-order chi connectivity index (χ1) is 16.2. The fourth-order valence-corrected chi connectivity index (χ4v) is 4.58. The van der Waals surface area contributed by atoms with Crippen LogP contribution in [0.15, 0.2) is 73.1 Å². The predicted octanol–water partition coefficient (Wildman–Crippen LogP) is 4.21. The molecule has 1 N–H and O–H groups in total. The maximum atomic E-state index is 12.1. The van der Waals surface area contributed by atoms with E-state index in [2.05, 4.69) is 56.5 Å². The normalized spacial score (nSPS) is 17.2. The van der Waals surface area contributed by atoms with Crippen LogP contribution in [0.4, 0.5) is 11.4 Å². The Labute approximate surface area is 194 Å². The molecule has 3 aromatic rings. The lowest BCUT2D eigenvalue weighted by atomic mass is 9.97. The van der Waals surface area contributed by atoms with Gasteiger partial charge in [0.15, 0.2) is 0 Å². The monoisotopic (exact) mass is 437 g/mol. The third-order valence-electron chi connectivity index (χ3n) is 6.47. The summed E-state index contributed by atoms with van der Waals surface area (Å²) in [5.41, 5.74) is 4.67. The van der Waals surface area contributed by atoms with Gasteiger partial charge < -0.3 is 10.2 Å². The number of benzene rings is 2. The maximum absolute atomic E-state index is 12.1. The van der Waals surface area contributed by atoms with Crippen molar-refractivity contribution in [3.63, 3.8) is 0 Å². The minimum absolute atomic E-state index is 0.0580. The van der Waals surface area contributed by atoms with Crippen LogP contribution in [0.3, 0.4) is 0 Å². The third-order valence-corrected chi connectivity index (χ3v) is 6.47. The van der Waals surface area contributed by atoms with Gasteiger partial charge in [-0.25, -0.2) is 0 Å². The van der Waals surface area contributed by atoms with Crippen molar-refractivity contribution in [1.29, 1.82) is 5.26 Å². The summed E-state index contributed by atoms with van der Waals surface area (Å²) < 4.78 is 0. The number of hydrogen-bond acceptors (Lipinski definition) is 5. The molecule has 6 heteroatoms. The molecule has 2 aliphatic rings. The van der Waals surface area contributed by atoms with Crippen molar-refractivity contribution in [3.05, 3.63) is 89.7 Å². The largest absolute Gasteiger partial charge is 0.368 e. The Morgan fingerprint density at radius 2 is 1.76 bits per heavy atom. The Balaban J connectivity index is 1.31. The van der Waals surface area contributed by atoms with Crippen LogP contribution in [0.25, 0.3) is 0 Å². The van der Waals surface area contributed by atoms with Crippen LogP contribution in [-0.4, -0.2) is 42.0 Å². The Hall–Kier alpha value is -3.69. The summed E-state index contributed by atoms with van der Waals surface area (Å²) in [4.78, 5) is 21.2. The van der Waals surface area contributed by atoms with E-state index in [-0.39, 0.29) is 17.9 Å². The lowest BCUT2D eigenvalue weighted by Crippen LogP contribution is -2.48. The molecule has 1 unspecified atom stereocenters. The number of aromatic nitrogens is 1. The minimum Gasteiger partial charge on any atom is -0.368 e. The SMILES string of the molecule is N#Cc1cc(NC(=O)C2CC2)ccc1N1CCN(C(c2ccccc2)c2cccnc2)CC1. The number of nitrogens with zero attached hydrogens (tertiary/aromatic N) is 4. The number of nitrogens with one attached hydrogen (secondary N) is 1. The summed E-state index contributed by atoms with van der Waals surface area (Å²) in [7, 11) is 0. The smallest absolute Gasteiger partial charge is 0.227 e. The van der Waals surface area contributed by atoms with Crippen LogP contribution in [0, 0.1) is 17.2 Å². The molecule has 166 valence electrons. The van der Waals surface area contributed by atoms with Gasteiger partial charge in [0.25, 0.3) is 0 Å². The second kappa shape index (κ2) is 9.43. The van der Waals surface area contributed by atoms with E-state index < -0.39 is 0 Å². The fourth-order valence-electron chi connectivity index (χ4n) is 4.58. The first-order valence-corrected chi connectivity index (χ1v) is 11.5. The van der Waals surface area contributed by atoms with Gasteiger partial charge in [-0.15, -0.1) is 0 Å². The molecule has 0 spiro atoms. The van der Waals surface area contributed by atoms with Crippen molar-refractivity contribution >= 4 is 17.3 Å². The molecular weight excluding hydrogens is 410 g/mol. The van der Waals surface area contributed by atoms with Crippen LogP contribution < -0.4 is 10.2 Å². The van der Waals surface area contributed by atoms with Crippen LogP contribution in [0.2, 0.25) is 0 Å².